The van der Waals surface area contributed by atoms with Gasteiger partial charge in [0.1, 0.15) is 6.61 Å². The lowest BCUT2D eigenvalue weighted by Gasteiger charge is -2.22. The van der Waals surface area contributed by atoms with Crippen LogP contribution in [0.3, 0.4) is 0 Å². The zero-order valence-corrected chi connectivity index (χ0v) is 11.8. The van der Waals surface area contributed by atoms with Gasteiger partial charge in [-0.3, -0.25) is 4.79 Å². The minimum absolute atomic E-state index is 0.0261. The van der Waals surface area contributed by atoms with E-state index in [2.05, 4.69) is 5.32 Å². The quantitative estimate of drug-likeness (QED) is 0.827. The average molecular weight is 265 g/mol. The molecule has 0 heterocycles. The number of nitrogens with one attached hydrogen (secondary N) is 1. The molecule has 19 heavy (non-hydrogen) atoms. The van der Waals surface area contributed by atoms with Crippen molar-refractivity contribution in [2.24, 2.45) is 0 Å². The van der Waals surface area contributed by atoms with Crippen molar-refractivity contribution in [2.75, 3.05) is 13.2 Å². The molecule has 0 saturated carbocycles. The number of aliphatic hydroxyl groups is 1. The molecule has 1 aromatic carbocycles. The largest absolute Gasteiger partial charge is 0.396 e. The minimum Gasteiger partial charge on any atom is -0.396 e. The first-order chi connectivity index (χ1) is 8.92. The Balaban J connectivity index is 2.57. The lowest BCUT2D eigenvalue weighted by Crippen LogP contribution is -2.35. The Labute approximate surface area is 114 Å². The van der Waals surface area contributed by atoms with E-state index in [0.717, 1.165) is 5.56 Å². The maximum Gasteiger partial charge on any atom is 0.246 e. The first kappa shape index (κ1) is 15.7. The van der Waals surface area contributed by atoms with E-state index in [1.807, 2.05) is 51.1 Å². The van der Waals surface area contributed by atoms with Gasteiger partial charge in [-0.05, 0) is 32.8 Å². The second-order valence-corrected chi connectivity index (χ2v) is 5.44. The predicted molar refractivity (Wildman–Crippen MR) is 74.7 cm³/mol. The molecule has 4 nitrogen and oxygen atoms in total. The van der Waals surface area contributed by atoms with E-state index < -0.39 is 0 Å². The van der Waals surface area contributed by atoms with Gasteiger partial charge < -0.3 is 15.2 Å². The highest BCUT2D eigenvalue weighted by atomic mass is 16.5. The molecule has 1 rings (SSSR count). The fourth-order valence-electron chi connectivity index (χ4n) is 1.65. The van der Waals surface area contributed by atoms with E-state index in [0.29, 0.717) is 6.42 Å². The van der Waals surface area contributed by atoms with Crippen LogP contribution in [-0.4, -0.2) is 29.8 Å². The van der Waals surface area contributed by atoms with E-state index in [1.54, 1.807) is 0 Å². The van der Waals surface area contributed by atoms with Crippen LogP contribution in [0.2, 0.25) is 0 Å². The minimum atomic E-state index is -0.337. The summed E-state index contributed by atoms with van der Waals surface area (Å²) in [5, 5.41) is 12.0. The van der Waals surface area contributed by atoms with Crippen molar-refractivity contribution in [3.63, 3.8) is 0 Å². The van der Waals surface area contributed by atoms with Gasteiger partial charge in [-0.1, -0.05) is 30.3 Å². The molecule has 2 N–H and O–H groups in total. The third kappa shape index (κ3) is 6.36. The summed E-state index contributed by atoms with van der Waals surface area (Å²) in [4.78, 5) is 11.8. The van der Waals surface area contributed by atoms with Gasteiger partial charge in [0.25, 0.3) is 0 Å². The first-order valence-electron chi connectivity index (χ1n) is 6.51. The zero-order valence-electron chi connectivity index (χ0n) is 11.8. The number of ether oxygens (including phenoxy) is 1. The molecule has 0 bridgehead atoms. The van der Waals surface area contributed by atoms with Crippen LogP contribution in [0.4, 0.5) is 0 Å². The van der Waals surface area contributed by atoms with Crippen LogP contribution < -0.4 is 5.32 Å². The Hall–Kier alpha value is -1.39. The molecule has 4 heteroatoms. The third-order valence-electron chi connectivity index (χ3n) is 2.59. The van der Waals surface area contributed by atoms with Gasteiger partial charge in [0, 0.05) is 6.61 Å². The first-order valence-corrected chi connectivity index (χ1v) is 6.51. The van der Waals surface area contributed by atoms with Gasteiger partial charge in [0.15, 0.2) is 0 Å². The van der Waals surface area contributed by atoms with E-state index >= 15 is 0 Å². The number of rotatable bonds is 6. The molecule has 106 valence electrons. The smallest absolute Gasteiger partial charge is 0.246 e. The number of aliphatic hydroxyl groups excluding tert-OH is 1. The Bertz CT molecular complexity index is 384. The van der Waals surface area contributed by atoms with Crippen molar-refractivity contribution in [3.05, 3.63) is 35.9 Å². The van der Waals surface area contributed by atoms with Crippen LogP contribution in [-0.2, 0) is 9.53 Å². The maximum atomic E-state index is 11.8. The van der Waals surface area contributed by atoms with Crippen molar-refractivity contribution < 1.29 is 14.6 Å². The third-order valence-corrected chi connectivity index (χ3v) is 2.59. The van der Waals surface area contributed by atoms with Crippen molar-refractivity contribution >= 4 is 5.91 Å². The summed E-state index contributed by atoms with van der Waals surface area (Å²) in [7, 11) is 0. The van der Waals surface area contributed by atoms with Gasteiger partial charge in [-0.15, -0.1) is 0 Å². The number of carbonyl (C=O) groups is 1. The molecule has 0 aromatic heterocycles. The van der Waals surface area contributed by atoms with E-state index in [9.17, 15) is 4.79 Å². The summed E-state index contributed by atoms with van der Waals surface area (Å²) in [5.74, 6) is -0.169. The van der Waals surface area contributed by atoms with Crippen molar-refractivity contribution in [1.82, 2.24) is 5.32 Å². The summed E-state index contributed by atoms with van der Waals surface area (Å²) in [6, 6.07) is 9.44. The van der Waals surface area contributed by atoms with Crippen LogP contribution in [0.25, 0.3) is 0 Å². The fraction of sp³-hybridized carbons (Fsp3) is 0.533. The van der Waals surface area contributed by atoms with Crippen LogP contribution in [0, 0.1) is 0 Å². The van der Waals surface area contributed by atoms with Gasteiger partial charge in [0.2, 0.25) is 5.91 Å². The predicted octanol–water partition coefficient (Wildman–Crippen LogP) is 2.04. The normalized spacial score (nSPS) is 13.1. The number of benzene rings is 1. The molecule has 0 spiro atoms. The second kappa shape index (κ2) is 7.26. The number of hydrogen-bond acceptors (Lipinski definition) is 3. The lowest BCUT2D eigenvalue weighted by atomic mass is 10.0. The van der Waals surface area contributed by atoms with E-state index in [4.69, 9.17) is 9.84 Å². The van der Waals surface area contributed by atoms with E-state index in [-0.39, 0.29) is 30.8 Å². The van der Waals surface area contributed by atoms with Crippen molar-refractivity contribution in [3.8, 4) is 0 Å². The van der Waals surface area contributed by atoms with Crippen LogP contribution in [0.1, 0.15) is 38.8 Å². The van der Waals surface area contributed by atoms with Crippen molar-refractivity contribution in [2.45, 2.75) is 38.8 Å². The highest BCUT2D eigenvalue weighted by Gasteiger charge is 2.17. The number of hydrogen-bond donors (Lipinski definition) is 2. The van der Waals surface area contributed by atoms with Gasteiger partial charge in [-0.2, -0.15) is 0 Å². The summed E-state index contributed by atoms with van der Waals surface area (Å²) in [6.45, 7) is 5.77. The van der Waals surface area contributed by atoms with Gasteiger partial charge >= 0.3 is 0 Å². The molecule has 1 aromatic rings. The standard InChI is InChI=1S/C15H23NO3/c1-15(2,3)19-11-14(18)16-13(9-10-17)12-7-5-4-6-8-12/h4-8,13,17H,9-11H2,1-3H3,(H,16,18). The summed E-state index contributed by atoms with van der Waals surface area (Å²) in [6.07, 6.45) is 0.491. The van der Waals surface area contributed by atoms with Crippen LogP contribution >= 0.6 is 0 Å². The molecule has 1 amide bonds. The summed E-state index contributed by atoms with van der Waals surface area (Å²) >= 11 is 0. The SMILES string of the molecule is CC(C)(C)OCC(=O)NC(CCO)c1ccccc1. The average Bonchev–Trinajstić information content (AvgIpc) is 2.36. The van der Waals surface area contributed by atoms with Crippen molar-refractivity contribution in [1.29, 1.82) is 0 Å². The van der Waals surface area contributed by atoms with Crippen LogP contribution in [0.5, 0.6) is 0 Å². The summed E-state index contributed by atoms with van der Waals surface area (Å²) < 4.78 is 5.43. The number of carbonyl (C=O) groups excluding carboxylic acids is 1. The highest BCUT2D eigenvalue weighted by Crippen LogP contribution is 2.16. The molecular weight excluding hydrogens is 242 g/mol. The lowest BCUT2D eigenvalue weighted by molar-refractivity contribution is -0.131. The molecule has 1 unspecified atom stereocenters. The molecular formula is C15H23NO3. The Morgan fingerprint density at radius 1 is 1.32 bits per heavy atom. The molecule has 0 aliphatic carbocycles. The Morgan fingerprint density at radius 3 is 2.47 bits per heavy atom. The Morgan fingerprint density at radius 2 is 1.95 bits per heavy atom. The zero-order chi connectivity index (χ0) is 14.3. The number of amides is 1. The maximum absolute atomic E-state index is 11.8. The molecule has 0 aliphatic rings. The molecule has 0 fully saturated rings. The van der Waals surface area contributed by atoms with Gasteiger partial charge in [0.05, 0.1) is 11.6 Å². The molecule has 0 aliphatic heterocycles. The highest BCUT2D eigenvalue weighted by molar-refractivity contribution is 5.77. The van der Waals surface area contributed by atoms with Crippen LogP contribution in [0.15, 0.2) is 30.3 Å². The molecule has 0 saturated heterocycles. The monoisotopic (exact) mass is 265 g/mol. The fourth-order valence-corrected chi connectivity index (χ4v) is 1.65. The summed E-state index contributed by atoms with van der Waals surface area (Å²) in [5.41, 5.74) is 0.650. The van der Waals surface area contributed by atoms with Gasteiger partial charge in [-0.25, -0.2) is 0 Å². The second-order valence-electron chi connectivity index (χ2n) is 5.44. The topological polar surface area (TPSA) is 58.6 Å². The molecule has 0 radical (unpaired) electrons. The Kier molecular flexibility index (Phi) is 5.99. The van der Waals surface area contributed by atoms with E-state index in [1.165, 1.54) is 0 Å². The molecule has 1 atom stereocenters.